The highest BCUT2D eigenvalue weighted by molar-refractivity contribution is 5.94. The normalized spacial score (nSPS) is 17.8. The molecule has 2 heterocycles. The number of aromatic nitrogens is 1. The van der Waals surface area contributed by atoms with Crippen molar-refractivity contribution in [1.82, 2.24) is 15.2 Å². The van der Waals surface area contributed by atoms with Gasteiger partial charge in [-0.3, -0.25) is 9.78 Å². The minimum absolute atomic E-state index is 0.0610. The van der Waals surface area contributed by atoms with Gasteiger partial charge in [0.25, 0.3) is 5.91 Å². The van der Waals surface area contributed by atoms with E-state index in [2.05, 4.69) is 17.2 Å². The zero-order chi connectivity index (χ0) is 16.1. The van der Waals surface area contributed by atoms with E-state index in [-0.39, 0.29) is 11.9 Å². The molecule has 120 valence electrons. The zero-order valence-corrected chi connectivity index (χ0v) is 13.2. The maximum atomic E-state index is 12.7. The highest BCUT2D eigenvalue weighted by Crippen LogP contribution is 2.18. The summed E-state index contributed by atoms with van der Waals surface area (Å²) in [7, 11) is 0. The van der Waals surface area contributed by atoms with Crippen molar-refractivity contribution in [2.45, 2.75) is 19.6 Å². The van der Waals surface area contributed by atoms with Crippen LogP contribution < -0.4 is 10.1 Å². The van der Waals surface area contributed by atoms with Gasteiger partial charge in [0.05, 0.1) is 0 Å². The molecule has 5 nitrogen and oxygen atoms in total. The molecule has 1 N–H and O–H groups in total. The third kappa shape index (κ3) is 3.87. The minimum atomic E-state index is 0.0610. The topological polar surface area (TPSA) is 54.5 Å². The Morgan fingerprint density at radius 2 is 2.30 bits per heavy atom. The van der Waals surface area contributed by atoms with Gasteiger partial charge in [0, 0.05) is 49.2 Å². The summed E-state index contributed by atoms with van der Waals surface area (Å²) in [6.45, 7) is 4.92. The average molecular weight is 311 g/mol. The second-order valence-electron chi connectivity index (χ2n) is 5.73. The van der Waals surface area contributed by atoms with Crippen molar-refractivity contribution < 1.29 is 9.53 Å². The Labute approximate surface area is 136 Å². The molecule has 23 heavy (non-hydrogen) atoms. The number of nitrogens with one attached hydrogen (secondary N) is 1. The van der Waals surface area contributed by atoms with Gasteiger partial charge in [-0.05, 0) is 31.2 Å². The molecular weight excluding hydrogens is 290 g/mol. The lowest BCUT2D eigenvalue weighted by atomic mass is 10.1. The summed E-state index contributed by atoms with van der Waals surface area (Å²) in [6.07, 6.45) is 3.51. The first-order valence-electron chi connectivity index (χ1n) is 7.87. The maximum absolute atomic E-state index is 12.7. The molecule has 1 saturated heterocycles. The van der Waals surface area contributed by atoms with E-state index < -0.39 is 0 Å². The molecule has 1 aromatic carbocycles. The number of pyridine rings is 1. The maximum Gasteiger partial charge on any atom is 0.254 e. The van der Waals surface area contributed by atoms with Gasteiger partial charge in [0.1, 0.15) is 12.4 Å². The van der Waals surface area contributed by atoms with Crippen LogP contribution in [-0.4, -0.2) is 41.5 Å². The van der Waals surface area contributed by atoms with Gasteiger partial charge in [0.2, 0.25) is 0 Å². The molecule has 1 atom stereocenters. The molecule has 1 unspecified atom stereocenters. The average Bonchev–Trinajstić information content (AvgIpc) is 2.61. The van der Waals surface area contributed by atoms with Crippen molar-refractivity contribution in [2.75, 3.05) is 19.6 Å². The first-order chi connectivity index (χ1) is 11.2. The SMILES string of the molecule is CC1CNCCN1C(=O)c1cccc(OCc2cccnc2)c1. The fraction of sp³-hybridized carbons (Fsp3) is 0.333. The molecule has 0 bridgehead atoms. The van der Waals surface area contributed by atoms with E-state index in [0.717, 1.165) is 25.2 Å². The predicted octanol–water partition coefficient (Wildman–Crippen LogP) is 2.09. The fourth-order valence-electron chi connectivity index (χ4n) is 2.68. The summed E-state index contributed by atoms with van der Waals surface area (Å²) in [6, 6.07) is 11.4. The number of nitrogens with zero attached hydrogens (tertiary/aromatic N) is 2. The van der Waals surface area contributed by atoms with Crippen molar-refractivity contribution in [2.24, 2.45) is 0 Å². The lowest BCUT2D eigenvalue weighted by Crippen LogP contribution is -2.52. The van der Waals surface area contributed by atoms with E-state index in [1.807, 2.05) is 41.3 Å². The van der Waals surface area contributed by atoms with Crippen LogP contribution in [0.1, 0.15) is 22.8 Å². The first kappa shape index (κ1) is 15.5. The Kier molecular flexibility index (Phi) is 4.88. The highest BCUT2D eigenvalue weighted by Gasteiger charge is 2.24. The Bertz CT molecular complexity index is 660. The van der Waals surface area contributed by atoms with Crippen LogP contribution in [0.4, 0.5) is 0 Å². The second kappa shape index (κ2) is 7.24. The molecule has 2 aromatic rings. The third-order valence-corrected chi connectivity index (χ3v) is 3.97. The molecule has 0 spiro atoms. The van der Waals surface area contributed by atoms with Gasteiger partial charge in [-0.15, -0.1) is 0 Å². The second-order valence-corrected chi connectivity index (χ2v) is 5.73. The van der Waals surface area contributed by atoms with Crippen LogP contribution >= 0.6 is 0 Å². The Hall–Kier alpha value is -2.40. The van der Waals surface area contributed by atoms with E-state index in [1.165, 1.54) is 0 Å². The molecule has 3 rings (SSSR count). The van der Waals surface area contributed by atoms with Crippen molar-refractivity contribution in [3.05, 3.63) is 59.9 Å². The number of ether oxygens (including phenoxy) is 1. The van der Waals surface area contributed by atoms with E-state index in [0.29, 0.717) is 17.9 Å². The number of carbonyl (C=O) groups is 1. The summed E-state index contributed by atoms with van der Waals surface area (Å²) in [5.74, 6) is 0.758. The van der Waals surface area contributed by atoms with Crippen LogP contribution in [0.15, 0.2) is 48.8 Å². The van der Waals surface area contributed by atoms with E-state index in [4.69, 9.17) is 4.74 Å². The number of amides is 1. The van der Waals surface area contributed by atoms with Gasteiger partial charge in [0.15, 0.2) is 0 Å². The molecule has 1 amide bonds. The molecule has 5 heteroatoms. The van der Waals surface area contributed by atoms with Gasteiger partial charge in [-0.25, -0.2) is 0 Å². The minimum Gasteiger partial charge on any atom is -0.489 e. The molecular formula is C18H21N3O2. The van der Waals surface area contributed by atoms with E-state index in [9.17, 15) is 4.79 Å². The van der Waals surface area contributed by atoms with Gasteiger partial charge >= 0.3 is 0 Å². The molecule has 0 radical (unpaired) electrons. The Morgan fingerprint density at radius 1 is 1.39 bits per heavy atom. The summed E-state index contributed by atoms with van der Waals surface area (Å²) < 4.78 is 5.77. The molecule has 0 aliphatic carbocycles. The monoisotopic (exact) mass is 311 g/mol. The molecule has 1 fully saturated rings. The van der Waals surface area contributed by atoms with Crippen LogP contribution in [0.2, 0.25) is 0 Å². The van der Waals surface area contributed by atoms with Gasteiger partial charge < -0.3 is 15.0 Å². The van der Waals surface area contributed by atoms with Gasteiger partial charge in [-0.2, -0.15) is 0 Å². The van der Waals surface area contributed by atoms with E-state index in [1.54, 1.807) is 12.4 Å². The Morgan fingerprint density at radius 3 is 3.09 bits per heavy atom. The molecule has 1 aromatic heterocycles. The zero-order valence-electron chi connectivity index (χ0n) is 13.2. The van der Waals surface area contributed by atoms with Crippen molar-refractivity contribution in [3.63, 3.8) is 0 Å². The fourth-order valence-corrected chi connectivity index (χ4v) is 2.68. The number of hydrogen-bond acceptors (Lipinski definition) is 4. The molecule has 0 saturated carbocycles. The summed E-state index contributed by atoms with van der Waals surface area (Å²) in [4.78, 5) is 18.6. The largest absolute Gasteiger partial charge is 0.489 e. The Balaban J connectivity index is 1.68. The number of benzene rings is 1. The number of rotatable bonds is 4. The van der Waals surface area contributed by atoms with Crippen LogP contribution in [0.3, 0.4) is 0 Å². The third-order valence-electron chi connectivity index (χ3n) is 3.97. The lowest BCUT2D eigenvalue weighted by Gasteiger charge is -2.34. The quantitative estimate of drug-likeness (QED) is 0.939. The van der Waals surface area contributed by atoms with Crippen LogP contribution in [-0.2, 0) is 6.61 Å². The summed E-state index contributed by atoms with van der Waals surface area (Å²) in [5.41, 5.74) is 1.67. The number of hydrogen-bond donors (Lipinski definition) is 1. The van der Waals surface area contributed by atoms with Crippen LogP contribution in [0.5, 0.6) is 5.75 Å². The van der Waals surface area contributed by atoms with Crippen molar-refractivity contribution >= 4 is 5.91 Å². The van der Waals surface area contributed by atoms with Crippen LogP contribution in [0.25, 0.3) is 0 Å². The standard InChI is InChI=1S/C18H21N3O2/c1-14-11-20-8-9-21(14)18(22)16-5-2-6-17(10-16)23-13-15-4-3-7-19-12-15/h2-7,10,12,14,20H,8-9,11,13H2,1H3. The van der Waals surface area contributed by atoms with E-state index >= 15 is 0 Å². The first-order valence-corrected chi connectivity index (χ1v) is 7.87. The van der Waals surface area contributed by atoms with Crippen molar-refractivity contribution in [1.29, 1.82) is 0 Å². The molecule has 1 aliphatic heterocycles. The highest BCUT2D eigenvalue weighted by atomic mass is 16.5. The number of carbonyl (C=O) groups excluding carboxylic acids is 1. The van der Waals surface area contributed by atoms with Gasteiger partial charge in [-0.1, -0.05) is 12.1 Å². The van der Waals surface area contributed by atoms with Crippen molar-refractivity contribution in [3.8, 4) is 5.75 Å². The number of piperazine rings is 1. The summed E-state index contributed by atoms with van der Waals surface area (Å²) >= 11 is 0. The molecule has 1 aliphatic rings. The van der Waals surface area contributed by atoms with Crippen LogP contribution in [0, 0.1) is 0 Å². The smallest absolute Gasteiger partial charge is 0.254 e. The summed E-state index contributed by atoms with van der Waals surface area (Å²) in [5, 5.41) is 3.30. The predicted molar refractivity (Wildman–Crippen MR) is 88.4 cm³/mol. The lowest BCUT2D eigenvalue weighted by molar-refractivity contribution is 0.0655.